The zero-order valence-electron chi connectivity index (χ0n) is 20.3. The number of pyridine rings is 1. The van der Waals surface area contributed by atoms with Crippen molar-refractivity contribution < 1.29 is 18.4 Å². The van der Waals surface area contributed by atoms with Crippen LogP contribution >= 0.6 is 0 Å². The van der Waals surface area contributed by atoms with Crippen molar-refractivity contribution in [2.75, 3.05) is 4.90 Å². The first-order valence-electron chi connectivity index (χ1n) is 11.8. The highest BCUT2D eigenvalue weighted by molar-refractivity contribution is 6.00. The highest BCUT2D eigenvalue weighted by atomic mass is 19.3. The molecule has 3 heterocycles. The number of nitrogens with one attached hydrogen (secondary N) is 1. The quantitative estimate of drug-likeness (QED) is 0.435. The summed E-state index contributed by atoms with van der Waals surface area (Å²) < 4.78 is 30.6. The number of aryl methyl sites for hydroxylation is 1. The van der Waals surface area contributed by atoms with E-state index in [1.165, 1.54) is 4.57 Å². The van der Waals surface area contributed by atoms with Gasteiger partial charge in [-0.15, -0.1) is 0 Å². The van der Waals surface area contributed by atoms with Gasteiger partial charge in [-0.3, -0.25) is 19.1 Å². The Morgan fingerprint density at radius 3 is 2.57 bits per heavy atom. The fourth-order valence-electron chi connectivity index (χ4n) is 4.71. The van der Waals surface area contributed by atoms with Crippen LogP contribution in [0.2, 0.25) is 0 Å². The summed E-state index contributed by atoms with van der Waals surface area (Å²) in [7, 11) is 1.68. The number of benzene rings is 2. The van der Waals surface area contributed by atoms with Crippen LogP contribution in [0.1, 0.15) is 30.5 Å². The molecule has 2 aromatic heterocycles. The molecule has 0 aliphatic carbocycles. The van der Waals surface area contributed by atoms with E-state index < -0.39 is 23.9 Å². The molecule has 2 amide bonds. The molecule has 1 aliphatic heterocycles. The summed E-state index contributed by atoms with van der Waals surface area (Å²) in [5, 5.41) is 7.60. The van der Waals surface area contributed by atoms with Gasteiger partial charge in [0.05, 0.1) is 30.3 Å². The van der Waals surface area contributed by atoms with Crippen molar-refractivity contribution in [2.24, 2.45) is 7.05 Å². The molecule has 5 rings (SSSR count). The lowest BCUT2D eigenvalue weighted by atomic mass is 9.99. The van der Waals surface area contributed by atoms with Crippen LogP contribution in [0.25, 0.3) is 10.9 Å². The Balaban J connectivity index is 1.49. The molecule has 10 heteroatoms. The van der Waals surface area contributed by atoms with Gasteiger partial charge in [0.15, 0.2) is 0 Å². The van der Waals surface area contributed by atoms with Crippen molar-refractivity contribution >= 4 is 28.4 Å². The van der Waals surface area contributed by atoms with E-state index in [0.717, 1.165) is 22.0 Å². The van der Waals surface area contributed by atoms with Gasteiger partial charge in [-0.1, -0.05) is 30.3 Å². The largest absolute Gasteiger partial charge is 0.345 e. The molecule has 1 saturated heterocycles. The van der Waals surface area contributed by atoms with Crippen molar-refractivity contribution in [1.29, 1.82) is 0 Å². The zero-order valence-corrected chi connectivity index (χ0v) is 20.3. The summed E-state index contributed by atoms with van der Waals surface area (Å²) in [6, 6.07) is 16.4. The number of amides is 2. The molecule has 0 saturated carbocycles. The van der Waals surface area contributed by atoms with E-state index in [9.17, 15) is 23.2 Å². The molecule has 0 bridgehead atoms. The average molecular weight is 506 g/mol. The lowest BCUT2D eigenvalue weighted by molar-refractivity contribution is -0.143. The van der Waals surface area contributed by atoms with Gasteiger partial charge in [-0.25, -0.2) is 0 Å². The van der Waals surface area contributed by atoms with Gasteiger partial charge in [0.1, 0.15) is 0 Å². The van der Waals surface area contributed by atoms with Crippen LogP contribution in [0.15, 0.2) is 77.9 Å². The standard InChI is InChI=1S/C27H25F2N5O3/c1-27(28,29)26(37)31-21-14-24(36)34(25(21)18-6-4-3-5-7-18)20-8-9-22-19(13-20)15-30-33(22)16-17-10-11-32(2)23(35)12-17/h3-13,15,21,25H,14,16H2,1-2H3,(H,31,37). The number of rotatable bonds is 6. The van der Waals surface area contributed by atoms with Crippen LogP contribution in [0, 0.1) is 0 Å². The monoisotopic (exact) mass is 505 g/mol. The number of nitrogens with zero attached hydrogens (tertiary/aromatic N) is 4. The lowest BCUT2D eigenvalue weighted by Gasteiger charge is -2.29. The van der Waals surface area contributed by atoms with Gasteiger partial charge < -0.3 is 14.8 Å². The second-order valence-electron chi connectivity index (χ2n) is 9.32. The van der Waals surface area contributed by atoms with Gasteiger partial charge in [0.25, 0.3) is 11.5 Å². The van der Waals surface area contributed by atoms with Crippen molar-refractivity contribution in [3.05, 3.63) is 94.5 Å². The Bertz CT molecular complexity index is 1540. The molecular formula is C27H25F2N5O3. The molecule has 2 atom stereocenters. The van der Waals surface area contributed by atoms with Gasteiger partial charge >= 0.3 is 5.92 Å². The van der Waals surface area contributed by atoms with E-state index in [1.54, 1.807) is 65.4 Å². The maximum atomic E-state index is 13.7. The summed E-state index contributed by atoms with van der Waals surface area (Å²) in [4.78, 5) is 38.8. The average Bonchev–Trinajstić information content (AvgIpc) is 3.41. The van der Waals surface area contributed by atoms with E-state index in [-0.39, 0.29) is 17.9 Å². The maximum absolute atomic E-state index is 13.7. The molecule has 190 valence electrons. The number of halogens is 2. The molecule has 2 aromatic carbocycles. The van der Waals surface area contributed by atoms with Crippen molar-refractivity contribution in [2.45, 2.75) is 37.9 Å². The molecule has 1 N–H and O–H groups in total. The number of carbonyl (C=O) groups is 2. The van der Waals surface area contributed by atoms with E-state index in [4.69, 9.17) is 0 Å². The highest BCUT2D eigenvalue weighted by Crippen LogP contribution is 2.38. The Labute approximate surface area is 211 Å². The fraction of sp³-hybridized carbons (Fsp3) is 0.259. The minimum absolute atomic E-state index is 0.109. The Hall–Kier alpha value is -4.34. The van der Waals surface area contributed by atoms with Gasteiger partial charge in [0, 0.05) is 43.7 Å². The first-order chi connectivity index (χ1) is 17.6. The molecule has 0 spiro atoms. The molecule has 8 nitrogen and oxygen atoms in total. The van der Waals surface area contributed by atoms with Crippen LogP contribution < -0.4 is 15.8 Å². The number of aromatic nitrogens is 3. The third kappa shape index (κ3) is 4.74. The molecule has 1 fully saturated rings. The molecule has 37 heavy (non-hydrogen) atoms. The van der Waals surface area contributed by atoms with E-state index in [0.29, 0.717) is 19.2 Å². The van der Waals surface area contributed by atoms with Crippen molar-refractivity contribution in [3.63, 3.8) is 0 Å². The minimum Gasteiger partial charge on any atom is -0.345 e. The summed E-state index contributed by atoms with van der Waals surface area (Å²) in [5.41, 5.74) is 2.79. The van der Waals surface area contributed by atoms with Gasteiger partial charge in [-0.05, 0) is 35.4 Å². The maximum Gasteiger partial charge on any atom is 0.321 e. The topological polar surface area (TPSA) is 89.2 Å². The SMILES string of the molecule is Cn1ccc(Cn2ncc3cc(N4C(=O)CC(NC(=O)C(C)(F)F)C4c4ccccc4)ccc32)cc1=O. The predicted molar refractivity (Wildman–Crippen MR) is 134 cm³/mol. The molecule has 2 unspecified atom stereocenters. The number of carbonyl (C=O) groups excluding carboxylic acids is 2. The van der Waals surface area contributed by atoms with Crippen LogP contribution in [-0.2, 0) is 23.2 Å². The number of anilines is 1. The second kappa shape index (κ2) is 9.27. The Morgan fingerprint density at radius 1 is 1.11 bits per heavy atom. The summed E-state index contributed by atoms with van der Waals surface area (Å²) in [5.74, 6) is -5.26. The van der Waals surface area contributed by atoms with Gasteiger partial charge in [-0.2, -0.15) is 13.9 Å². The molecule has 4 aromatic rings. The first kappa shape index (κ1) is 24.4. The molecule has 1 aliphatic rings. The van der Waals surface area contributed by atoms with E-state index >= 15 is 0 Å². The molecular weight excluding hydrogens is 480 g/mol. The first-order valence-corrected chi connectivity index (χ1v) is 11.8. The van der Waals surface area contributed by atoms with Crippen LogP contribution in [-0.4, -0.2) is 38.1 Å². The summed E-state index contributed by atoms with van der Waals surface area (Å²) in [6.45, 7) is 0.931. The van der Waals surface area contributed by atoms with Crippen LogP contribution in [0.4, 0.5) is 14.5 Å². The zero-order chi connectivity index (χ0) is 26.3. The predicted octanol–water partition coefficient (Wildman–Crippen LogP) is 3.40. The number of alkyl halides is 2. The second-order valence-corrected chi connectivity index (χ2v) is 9.32. The third-order valence-corrected chi connectivity index (χ3v) is 6.58. The summed E-state index contributed by atoms with van der Waals surface area (Å²) >= 11 is 0. The third-order valence-electron chi connectivity index (χ3n) is 6.58. The highest BCUT2D eigenvalue weighted by Gasteiger charge is 2.45. The fourth-order valence-corrected chi connectivity index (χ4v) is 4.71. The van der Waals surface area contributed by atoms with E-state index in [2.05, 4.69) is 10.4 Å². The normalized spacial score (nSPS) is 17.9. The number of fused-ring (bicyclic) bond motifs is 1. The molecule has 0 radical (unpaired) electrons. The van der Waals surface area contributed by atoms with E-state index in [1.807, 2.05) is 24.3 Å². The smallest absolute Gasteiger partial charge is 0.321 e. The lowest BCUT2D eigenvalue weighted by Crippen LogP contribution is -2.46. The van der Waals surface area contributed by atoms with Crippen molar-refractivity contribution in [1.82, 2.24) is 19.7 Å². The minimum atomic E-state index is -3.56. The summed E-state index contributed by atoms with van der Waals surface area (Å²) in [6.07, 6.45) is 3.27. The van der Waals surface area contributed by atoms with Gasteiger partial charge in [0.2, 0.25) is 5.91 Å². The number of hydrogen-bond donors (Lipinski definition) is 1. The Morgan fingerprint density at radius 2 is 1.86 bits per heavy atom. The Kier molecular flexibility index (Phi) is 6.10. The van der Waals surface area contributed by atoms with Crippen LogP contribution in [0.5, 0.6) is 0 Å². The van der Waals surface area contributed by atoms with Crippen molar-refractivity contribution in [3.8, 4) is 0 Å². The van der Waals surface area contributed by atoms with Crippen LogP contribution in [0.3, 0.4) is 0 Å². The number of hydrogen-bond acceptors (Lipinski definition) is 4.